The van der Waals surface area contributed by atoms with Gasteiger partial charge in [-0.1, -0.05) is 40.5 Å². The molecular weight excluding hydrogens is 309 g/mol. The summed E-state index contributed by atoms with van der Waals surface area (Å²) >= 11 is 11.7. The zero-order valence-corrected chi connectivity index (χ0v) is 12.4. The van der Waals surface area contributed by atoms with Crippen LogP contribution in [0.15, 0.2) is 47.0 Å². The van der Waals surface area contributed by atoms with Crippen molar-refractivity contribution < 1.29 is 4.52 Å². The summed E-state index contributed by atoms with van der Waals surface area (Å²) in [4.78, 5) is 4.36. The molecule has 1 heterocycles. The highest BCUT2D eigenvalue weighted by Crippen LogP contribution is 2.26. The van der Waals surface area contributed by atoms with Crippen LogP contribution in [0, 0.1) is 0 Å². The standard InChI is InChI=1S/C15H11Cl2N3O/c16-11-4-1-9(2-5-11)7-14-19-15(21-20-14)10-3-6-12(17)13(18)8-10/h1-6,8H,7,18H2. The lowest BCUT2D eigenvalue weighted by Crippen LogP contribution is -1.91. The highest BCUT2D eigenvalue weighted by Gasteiger charge is 2.10. The molecule has 0 aliphatic carbocycles. The van der Waals surface area contributed by atoms with E-state index in [-0.39, 0.29) is 0 Å². The fraction of sp³-hybridized carbons (Fsp3) is 0.0667. The number of nitrogen functional groups attached to an aromatic ring is 1. The molecule has 0 saturated heterocycles. The van der Waals surface area contributed by atoms with Crippen LogP contribution < -0.4 is 5.73 Å². The van der Waals surface area contributed by atoms with Crippen LogP contribution >= 0.6 is 23.2 Å². The Morgan fingerprint density at radius 3 is 2.52 bits per heavy atom. The molecule has 0 bridgehead atoms. The number of benzene rings is 2. The van der Waals surface area contributed by atoms with E-state index >= 15 is 0 Å². The normalized spacial score (nSPS) is 10.8. The minimum absolute atomic E-state index is 0.419. The second kappa shape index (κ2) is 5.76. The Hall–Kier alpha value is -2.04. The highest BCUT2D eigenvalue weighted by atomic mass is 35.5. The molecule has 2 aromatic carbocycles. The smallest absolute Gasteiger partial charge is 0.258 e. The largest absolute Gasteiger partial charge is 0.398 e. The van der Waals surface area contributed by atoms with E-state index in [0.717, 1.165) is 11.1 Å². The quantitative estimate of drug-likeness (QED) is 0.734. The van der Waals surface area contributed by atoms with Crippen molar-refractivity contribution >= 4 is 28.9 Å². The summed E-state index contributed by atoms with van der Waals surface area (Å²) in [5.41, 5.74) is 8.05. The van der Waals surface area contributed by atoms with Crippen LogP contribution in [-0.2, 0) is 6.42 Å². The van der Waals surface area contributed by atoms with Gasteiger partial charge in [0.1, 0.15) is 0 Å². The maximum Gasteiger partial charge on any atom is 0.258 e. The summed E-state index contributed by atoms with van der Waals surface area (Å²) in [6, 6.07) is 12.7. The maximum absolute atomic E-state index is 5.89. The number of halogens is 2. The van der Waals surface area contributed by atoms with Crippen molar-refractivity contribution in [1.29, 1.82) is 0 Å². The van der Waals surface area contributed by atoms with E-state index < -0.39 is 0 Å². The number of rotatable bonds is 3. The van der Waals surface area contributed by atoms with E-state index in [0.29, 0.717) is 33.9 Å². The van der Waals surface area contributed by atoms with E-state index in [1.807, 2.05) is 24.3 Å². The van der Waals surface area contributed by atoms with Crippen molar-refractivity contribution in [3.8, 4) is 11.5 Å². The molecule has 0 aliphatic heterocycles. The van der Waals surface area contributed by atoms with Gasteiger partial charge in [0.2, 0.25) is 0 Å². The first-order valence-electron chi connectivity index (χ1n) is 6.24. The van der Waals surface area contributed by atoms with E-state index in [2.05, 4.69) is 10.1 Å². The van der Waals surface area contributed by atoms with Gasteiger partial charge in [-0.15, -0.1) is 0 Å². The Bertz CT molecular complexity index is 769. The van der Waals surface area contributed by atoms with E-state index in [1.54, 1.807) is 18.2 Å². The average molecular weight is 320 g/mol. The molecule has 0 atom stereocenters. The SMILES string of the molecule is Nc1cc(-c2nc(Cc3ccc(Cl)cc3)no2)ccc1Cl. The van der Waals surface area contributed by atoms with Crippen molar-refractivity contribution in [3.63, 3.8) is 0 Å². The van der Waals surface area contributed by atoms with Crippen LogP contribution in [0.25, 0.3) is 11.5 Å². The third-order valence-electron chi connectivity index (χ3n) is 2.99. The highest BCUT2D eigenvalue weighted by molar-refractivity contribution is 6.33. The zero-order valence-electron chi connectivity index (χ0n) is 10.9. The monoisotopic (exact) mass is 319 g/mol. The number of anilines is 1. The van der Waals surface area contributed by atoms with Gasteiger partial charge in [0.15, 0.2) is 5.82 Å². The first-order chi connectivity index (χ1) is 10.1. The summed E-state index contributed by atoms with van der Waals surface area (Å²) < 4.78 is 5.26. The third kappa shape index (κ3) is 3.17. The van der Waals surface area contributed by atoms with Gasteiger partial charge in [0.25, 0.3) is 5.89 Å². The summed E-state index contributed by atoms with van der Waals surface area (Å²) in [5, 5.41) is 5.17. The van der Waals surface area contributed by atoms with Crippen LogP contribution in [0.4, 0.5) is 5.69 Å². The minimum Gasteiger partial charge on any atom is -0.398 e. The predicted octanol–water partition coefficient (Wildman–Crippen LogP) is 4.22. The summed E-state index contributed by atoms with van der Waals surface area (Å²) in [7, 11) is 0. The third-order valence-corrected chi connectivity index (χ3v) is 3.58. The van der Waals surface area contributed by atoms with Crippen LogP contribution in [0.3, 0.4) is 0 Å². The fourth-order valence-corrected chi connectivity index (χ4v) is 2.15. The lowest BCUT2D eigenvalue weighted by molar-refractivity contribution is 0.424. The van der Waals surface area contributed by atoms with Gasteiger partial charge in [0.05, 0.1) is 10.7 Å². The second-order valence-corrected chi connectivity index (χ2v) is 5.40. The minimum atomic E-state index is 0.419. The second-order valence-electron chi connectivity index (χ2n) is 4.56. The molecule has 106 valence electrons. The maximum atomic E-state index is 5.89. The van der Waals surface area contributed by atoms with Crippen LogP contribution in [0.2, 0.25) is 10.0 Å². The summed E-state index contributed by atoms with van der Waals surface area (Å²) in [5.74, 6) is 1.02. The predicted molar refractivity (Wildman–Crippen MR) is 83.4 cm³/mol. The van der Waals surface area contributed by atoms with Crippen molar-refractivity contribution in [2.24, 2.45) is 0 Å². The molecule has 6 heteroatoms. The number of nitrogens with two attached hydrogens (primary N) is 1. The molecule has 0 unspecified atom stereocenters. The lowest BCUT2D eigenvalue weighted by Gasteiger charge is -1.99. The number of hydrogen-bond acceptors (Lipinski definition) is 4. The fourth-order valence-electron chi connectivity index (χ4n) is 1.90. The van der Waals surface area contributed by atoms with Crippen molar-refractivity contribution in [1.82, 2.24) is 10.1 Å². The lowest BCUT2D eigenvalue weighted by atomic mass is 10.1. The summed E-state index contributed by atoms with van der Waals surface area (Å²) in [6.07, 6.45) is 0.573. The van der Waals surface area contributed by atoms with Crippen molar-refractivity contribution in [2.45, 2.75) is 6.42 Å². The molecule has 21 heavy (non-hydrogen) atoms. The Balaban J connectivity index is 1.82. The molecule has 2 N–H and O–H groups in total. The average Bonchev–Trinajstić information content (AvgIpc) is 2.93. The zero-order chi connectivity index (χ0) is 14.8. The van der Waals surface area contributed by atoms with E-state index in [1.165, 1.54) is 0 Å². The first-order valence-corrected chi connectivity index (χ1v) is 7.00. The first kappa shape index (κ1) is 13.9. The molecule has 0 saturated carbocycles. The molecule has 0 fully saturated rings. The Kier molecular flexibility index (Phi) is 3.82. The van der Waals surface area contributed by atoms with E-state index in [9.17, 15) is 0 Å². The molecule has 3 rings (SSSR count). The topological polar surface area (TPSA) is 64.9 Å². The Morgan fingerprint density at radius 2 is 1.81 bits per heavy atom. The molecule has 0 spiro atoms. The molecule has 0 radical (unpaired) electrons. The summed E-state index contributed by atoms with van der Waals surface area (Å²) in [6.45, 7) is 0. The molecule has 0 aliphatic rings. The van der Waals surface area contributed by atoms with Crippen molar-refractivity contribution in [3.05, 3.63) is 63.9 Å². The molecule has 1 aromatic heterocycles. The number of hydrogen-bond donors (Lipinski definition) is 1. The molecular formula is C15H11Cl2N3O. The van der Waals surface area contributed by atoms with Gasteiger partial charge < -0.3 is 10.3 Å². The van der Waals surface area contributed by atoms with Gasteiger partial charge >= 0.3 is 0 Å². The molecule has 4 nitrogen and oxygen atoms in total. The molecule has 0 amide bonds. The Morgan fingerprint density at radius 1 is 1.05 bits per heavy atom. The Labute approximate surface area is 131 Å². The van der Waals surface area contributed by atoms with Gasteiger partial charge in [0, 0.05) is 17.0 Å². The van der Waals surface area contributed by atoms with Crippen LogP contribution in [-0.4, -0.2) is 10.1 Å². The number of nitrogens with zero attached hydrogens (tertiary/aromatic N) is 2. The van der Waals surface area contributed by atoms with E-state index in [4.69, 9.17) is 33.5 Å². The van der Waals surface area contributed by atoms with Crippen molar-refractivity contribution in [2.75, 3.05) is 5.73 Å². The molecule has 3 aromatic rings. The van der Waals surface area contributed by atoms with Crippen LogP contribution in [0.5, 0.6) is 0 Å². The number of aromatic nitrogens is 2. The van der Waals surface area contributed by atoms with Gasteiger partial charge in [-0.2, -0.15) is 4.98 Å². The van der Waals surface area contributed by atoms with Gasteiger partial charge in [-0.25, -0.2) is 0 Å². The van der Waals surface area contributed by atoms with Crippen LogP contribution in [0.1, 0.15) is 11.4 Å². The van der Waals surface area contributed by atoms with Gasteiger partial charge in [-0.05, 0) is 35.9 Å². The van der Waals surface area contributed by atoms with Gasteiger partial charge in [-0.3, -0.25) is 0 Å².